The molecular weight excluding hydrogens is 160 g/mol. The fourth-order valence-corrected chi connectivity index (χ4v) is 1.11. The van der Waals surface area contributed by atoms with Crippen LogP contribution in [0.25, 0.3) is 0 Å². The van der Waals surface area contributed by atoms with Crippen molar-refractivity contribution in [2.75, 3.05) is 0 Å². The molecule has 1 rings (SSSR count). The van der Waals surface area contributed by atoms with Crippen LogP contribution in [0.15, 0.2) is 41.9 Å². The van der Waals surface area contributed by atoms with E-state index in [2.05, 4.69) is 24.6 Å². The molecule has 70 valence electrons. The van der Waals surface area contributed by atoms with Gasteiger partial charge in [-0.1, -0.05) is 25.7 Å². The largest absolute Gasteiger partial charge is 0.310 e. The summed E-state index contributed by atoms with van der Waals surface area (Å²) in [6.07, 6.45) is 8.05. The predicted molar refractivity (Wildman–Crippen MR) is 57.2 cm³/mol. The molecule has 0 aliphatic carbocycles. The molecule has 1 unspecified atom stereocenters. The summed E-state index contributed by atoms with van der Waals surface area (Å²) in [5.41, 5.74) is 1.10. The fourth-order valence-electron chi connectivity index (χ4n) is 1.11. The molecule has 0 aromatic carbocycles. The number of hydrogen-bond acceptors (Lipinski definition) is 2. The molecule has 13 heavy (non-hydrogen) atoms. The third-order valence-electron chi connectivity index (χ3n) is 2.11. The predicted octanol–water partition coefficient (Wildman–Crippen LogP) is 2.92. The van der Waals surface area contributed by atoms with Crippen LogP contribution in [0.2, 0.25) is 0 Å². The van der Waals surface area contributed by atoms with Gasteiger partial charge >= 0.3 is 0 Å². The normalized spacial score (nSPS) is 23.6. The van der Waals surface area contributed by atoms with E-state index in [1.54, 1.807) is 0 Å². The molecule has 0 saturated heterocycles. The maximum Gasteiger partial charge on any atom is 0.129 e. The smallest absolute Gasteiger partial charge is 0.129 e. The van der Waals surface area contributed by atoms with Crippen molar-refractivity contribution >= 4 is 5.71 Å². The highest BCUT2D eigenvalue weighted by atomic mass is 15.2. The highest BCUT2D eigenvalue weighted by Crippen LogP contribution is 2.14. The van der Waals surface area contributed by atoms with Crippen LogP contribution in [0.1, 0.15) is 20.8 Å². The van der Waals surface area contributed by atoms with Gasteiger partial charge in [-0.2, -0.15) is 0 Å². The third kappa shape index (κ3) is 2.31. The molecule has 1 atom stereocenters. The van der Waals surface area contributed by atoms with E-state index in [4.69, 9.17) is 0 Å². The molecule has 0 radical (unpaired) electrons. The van der Waals surface area contributed by atoms with Crippen molar-refractivity contribution in [3.63, 3.8) is 0 Å². The molecule has 0 saturated carbocycles. The average molecular weight is 176 g/mol. The number of aliphatic imine (C=N–C) groups is 1. The van der Waals surface area contributed by atoms with E-state index in [1.807, 2.05) is 37.2 Å². The summed E-state index contributed by atoms with van der Waals surface area (Å²) in [5.74, 6) is 1.17. The lowest BCUT2D eigenvalue weighted by Crippen LogP contribution is -2.05. The minimum Gasteiger partial charge on any atom is -0.310 e. The fraction of sp³-hybridized carbons (Fsp3) is 0.364. The highest BCUT2D eigenvalue weighted by molar-refractivity contribution is 5.86. The molecule has 1 aliphatic heterocycles. The van der Waals surface area contributed by atoms with Gasteiger partial charge in [0.25, 0.3) is 0 Å². The molecule has 0 N–H and O–H groups in total. The lowest BCUT2D eigenvalue weighted by Gasteiger charge is -2.12. The molecule has 0 amide bonds. The van der Waals surface area contributed by atoms with E-state index in [9.17, 15) is 0 Å². The van der Waals surface area contributed by atoms with Crippen LogP contribution < -0.4 is 0 Å². The third-order valence-corrected chi connectivity index (χ3v) is 2.11. The molecule has 0 fully saturated rings. The minimum absolute atomic E-state index is 0.395. The van der Waals surface area contributed by atoms with Crippen molar-refractivity contribution in [2.45, 2.75) is 20.8 Å². The van der Waals surface area contributed by atoms with E-state index >= 15 is 0 Å². The molecule has 2 heteroatoms. The Morgan fingerprint density at radius 3 is 2.92 bits per heavy atom. The molecule has 0 bridgehead atoms. The van der Waals surface area contributed by atoms with Crippen molar-refractivity contribution in [3.05, 3.63) is 37.0 Å². The highest BCUT2D eigenvalue weighted by Gasteiger charge is 2.08. The van der Waals surface area contributed by atoms with Crippen LogP contribution >= 0.6 is 0 Å². The molecule has 0 aromatic rings. The summed E-state index contributed by atoms with van der Waals surface area (Å²) < 4.78 is 0. The SMILES string of the molecule is C=C1N=C(C)C(C)C=CN1/C=C/C. The summed E-state index contributed by atoms with van der Waals surface area (Å²) in [6, 6.07) is 0. The second-order valence-electron chi connectivity index (χ2n) is 3.19. The van der Waals surface area contributed by atoms with E-state index in [-0.39, 0.29) is 0 Å². The van der Waals surface area contributed by atoms with Gasteiger partial charge in [0.2, 0.25) is 0 Å². The zero-order chi connectivity index (χ0) is 9.84. The van der Waals surface area contributed by atoms with Gasteiger partial charge in [0.15, 0.2) is 0 Å². The van der Waals surface area contributed by atoms with Gasteiger partial charge in [-0.05, 0) is 13.8 Å². The first-order valence-electron chi connectivity index (χ1n) is 4.48. The van der Waals surface area contributed by atoms with Crippen LogP contribution in [-0.4, -0.2) is 10.6 Å². The summed E-state index contributed by atoms with van der Waals surface area (Å²) >= 11 is 0. The molecule has 0 spiro atoms. The van der Waals surface area contributed by atoms with E-state index in [1.165, 1.54) is 0 Å². The molecule has 0 aromatic heterocycles. The zero-order valence-corrected chi connectivity index (χ0v) is 8.49. The van der Waals surface area contributed by atoms with Gasteiger partial charge in [0.05, 0.1) is 0 Å². The second-order valence-corrected chi connectivity index (χ2v) is 3.19. The Morgan fingerprint density at radius 2 is 2.31 bits per heavy atom. The van der Waals surface area contributed by atoms with Gasteiger partial charge in [-0.25, -0.2) is 4.99 Å². The molecule has 1 aliphatic rings. The van der Waals surface area contributed by atoms with Gasteiger partial charge in [0.1, 0.15) is 5.82 Å². The number of rotatable bonds is 1. The van der Waals surface area contributed by atoms with Crippen molar-refractivity contribution in [1.29, 1.82) is 0 Å². The number of allylic oxidation sites excluding steroid dienone is 2. The second kappa shape index (κ2) is 4.08. The zero-order valence-electron chi connectivity index (χ0n) is 8.49. The number of hydrogen-bond donors (Lipinski definition) is 0. The summed E-state index contributed by atoms with van der Waals surface area (Å²) in [6.45, 7) is 10.0. The van der Waals surface area contributed by atoms with E-state index in [0.29, 0.717) is 5.92 Å². The van der Waals surface area contributed by atoms with Crippen LogP contribution in [0.3, 0.4) is 0 Å². The van der Waals surface area contributed by atoms with E-state index in [0.717, 1.165) is 11.5 Å². The molecule has 1 heterocycles. The first-order valence-corrected chi connectivity index (χ1v) is 4.48. The Morgan fingerprint density at radius 1 is 1.62 bits per heavy atom. The van der Waals surface area contributed by atoms with Gasteiger partial charge in [0, 0.05) is 24.0 Å². The maximum absolute atomic E-state index is 4.39. The van der Waals surface area contributed by atoms with Crippen molar-refractivity contribution in [3.8, 4) is 0 Å². The maximum atomic E-state index is 4.39. The Bertz CT molecular complexity index is 284. The van der Waals surface area contributed by atoms with Crippen LogP contribution in [-0.2, 0) is 0 Å². The summed E-state index contributed by atoms with van der Waals surface area (Å²) in [7, 11) is 0. The van der Waals surface area contributed by atoms with Gasteiger partial charge < -0.3 is 4.90 Å². The first kappa shape index (κ1) is 9.78. The quantitative estimate of drug-likeness (QED) is 0.599. The van der Waals surface area contributed by atoms with Crippen molar-refractivity contribution in [2.24, 2.45) is 10.9 Å². The van der Waals surface area contributed by atoms with Crippen LogP contribution in [0, 0.1) is 5.92 Å². The van der Waals surface area contributed by atoms with Crippen LogP contribution in [0.4, 0.5) is 0 Å². The Balaban J connectivity index is 2.94. The van der Waals surface area contributed by atoms with Crippen molar-refractivity contribution in [1.82, 2.24) is 4.90 Å². The monoisotopic (exact) mass is 176 g/mol. The van der Waals surface area contributed by atoms with Gasteiger partial charge in [-0.3, -0.25) is 0 Å². The standard InChI is InChI=1S/C11H16N2/c1-5-7-13-8-6-9(2)10(3)12-11(13)4/h5-9H,4H2,1-3H3/b7-5+. The number of nitrogens with zero attached hydrogens (tertiary/aromatic N) is 2. The van der Waals surface area contributed by atoms with Crippen LogP contribution in [0.5, 0.6) is 0 Å². The van der Waals surface area contributed by atoms with Crippen molar-refractivity contribution < 1.29 is 0 Å². The Hall–Kier alpha value is -1.31. The average Bonchev–Trinajstić information content (AvgIpc) is 2.20. The lowest BCUT2D eigenvalue weighted by atomic mass is 10.1. The summed E-state index contributed by atoms with van der Waals surface area (Å²) in [4.78, 5) is 6.32. The lowest BCUT2D eigenvalue weighted by molar-refractivity contribution is 0.624. The Kier molecular flexibility index (Phi) is 3.07. The Labute approximate surface area is 80.0 Å². The summed E-state index contributed by atoms with van der Waals surface area (Å²) in [5, 5.41) is 0. The molecule has 2 nitrogen and oxygen atoms in total. The first-order chi connectivity index (χ1) is 6.15. The minimum atomic E-state index is 0.395. The van der Waals surface area contributed by atoms with E-state index < -0.39 is 0 Å². The van der Waals surface area contributed by atoms with Gasteiger partial charge in [-0.15, -0.1) is 0 Å². The molecular formula is C11H16N2. The topological polar surface area (TPSA) is 15.6 Å².